The van der Waals surface area contributed by atoms with Crippen LogP contribution in [-0.2, 0) is 4.74 Å². The molecule has 0 unspecified atom stereocenters. The van der Waals surface area contributed by atoms with E-state index in [0.29, 0.717) is 12.0 Å². The number of hydrogen-bond donors (Lipinski definition) is 1. The van der Waals surface area contributed by atoms with E-state index in [1.54, 1.807) is 0 Å². The van der Waals surface area contributed by atoms with E-state index >= 15 is 0 Å². The molecule has 2 saturated heterocycles. The highest BCUT2D eigenvalue weighted by Gasteiger charge is 2.31. The van der Waals surface area contributed by atoms with Gasteiger partial charge < -0.3 is 15.0 Å². The van der Waals surface area contributed by atoms with E-state index in [1.807, 2.05) is 0 Å². The lowest BCUT2D eigenvalue weighted by molar-refractivity contribution is 0.0860. The summed E-state index contributed by atoms with van der Waals surface area (Å²) in [6.07, 6.45) is 11.4. The molecule has 25 heavy (non-hydrogen) atoms. The molecule has 0 bridgehead atoms. The normalized spacial score (nSPS) is 29.9. The Morgan fingerprint density at radius 1 is 0.920 bits per heavy atom. The highest BCUT2D eigenvalue weighted by molar-refractivity contribution is 5.19. The summed E-state index contributed by atoms with van der Waals surface area (Å²) in [5, 5.41) is 3.88. The summed E-state index contributed by atoms with van der Waals surface area (Å²) in [7, 11) is 0. The van der Waals surface area contributed by atoms with Crippen molar-refractivity contribution in [2.24, 2.45) is 5.92 Å². The van der Waals surface area contributed by atoms with E-state index in [1.165, 1.54) is 70.0 Å². The van der Waals surface area contributed by atoms with Crippen LogP contribution in [0.3, 0.4) is 0 Å². The average molecular weight is 343 g/mol. The number of piperidine rings is 1. The second-order valence-electron chi connectivity index (χ2n) is 8.26. The monoisotopic (exact) mass is 342 g/mol. The van der Waals surface area contributed by atoms with Crippen molar-refractivity contribution in [3.8, 4) is 0 Å². The molecule has 2 heterocycles. The number of nitrogens with one attached hydrogen (secondary N) is 1. The molecule has 3 aliphatic rings. The van der Waals surface area contributed by atoms with Crippen molar-refractivity contribution in [2.75, 3.05) is 26.2 Å². The van der Waals surface area contributed by atoms with Crippen LogP contribution in [0.25, 0.3) is 0 Å². The summed E-state index contributed by atoms with van der Waals surface area (Å²) < 4.78 is 6.04. The van der Waals surface area contributed by atoms with Gasteiger partial charge in [0.25, 0.3) is 0 Å². The minimum Gasteiger partial charge on any atom is -0.373 e. The Labute approximate surface area is 153 Å². The van der Waals surface area contributed by atoms with Crippen LogP contribution < -0.4 is 5.32 Å². The summed E-state index contributed by atoms with van der Waals surface area (Å²) in [4.78, 5) is 2.78. The molecular weight excluding hydrogens is 308 g/mol. The molecule has 2 atom stereocenters. The Balaban J connectivity index is 1.22. The zero-order chi connectivity index (χ0) is 16.9. The van der Waals surface area contributed by atoms with Crippen molar-refractivity contribution in [1.29, 1.82) is 0 Å². The standard InChI is InChI=1S/C22H34N2O/c1-3-7-18(8-4-1)22-19(13-16-25-22)17-23-20-11-14-24(15-12-20)21-9-5-2-6-10-21/h1,3-4,7-8,19-23H,2,5-6,9-17H2/t19-,22-/m0/s1. The van der Waals surface area contributed by atoms with Crippen molar-refractivity contribution in [2.45, 2.75) is 69.6 Å². The molecule has 4 rings (SSSR count). The number of rotatable bonds is 5. The van der Waals surface area contributed by atoms with Gasteiger partial charge in [-0.15, -0.1) is 0 Å². The summed E-state index contributed by atoms with van der Waals surface area (Å²) in [5.41, 5.74) is 1.35. The smallest absolute Gasteiger partial charge is 0.0866 e. The van der Waals surface area contributed by atoms with Crippen molar-refractivity contribution in [1.82, 2.24) is 10.2 Å². The molecule has 3 nitrogen and oxygen atoms in total. The maximum Gasteiger partial charge on any atom is 0.0866 e. The van der Waals surface area contributed by atoms with Gasteiger partial charge >= 0.3 is 0 Å². The number of hydrogen-bond acceptors (Lipinski definition) is 3. The number of likely N-dealkylation sites (tertiary alicyclic amines) is 1. The Kier molecular flexibility index (Phi) is 6.06. The van der Waals surface area contributed by atoms with Crippen molar-refractivity contribution in [3.63, 3.8) is 0 Å². The zero-order valence-corrected chi connectivity index (χ0v) is 15.5. The molecule has 1 aromatic carbocycles. The van der Waals surface area contributed by atoms with Gasteiger partial charge in [-0.25, -0.2) is 0 Å². The van der Waals surface area contributed by atoms with Gasteiger partial charge in [0.05, 0.1) is 6.10 Å². The SMILES string of the molecule is c1ccc([C@@H]2OCC[C@H]2CNC2CCN(C3CCCCC3)CC2)cc1. The molecule has 1 saturated carbocycles. The van der Waals surface area contributed by atoms with E-state index in [9.17, 15) is 0 Å². The highest BCUT2D eigenvalue weighted by Crippen LogP contribution is 2.34. The first-order chi connectivity index (χ1) is 12.4. The van der Waals surface area contributed by atoms with E-state index in [4.69, 9.17) is 4.74 Å². The lowest BCUT2D eigenvalue weighted by Crippen LogP contribution is -2.48. The van der Waals surface area contributed by atoms with Crippen LogP contribution in [0.1, 0.15) is 63.0 Å². The summed E-state index contributed by atoms with van der Waals surface area (Å²) >= 11 is 0. The third-order valence-corrected chi connectivity index (χ3v) is 6.63. The first-order valence-electron chi connectivity index (χ1n) is 10.5. The lowest BCUT2D eigenvalue weighted by Gasteiger charge is -2.39. The molecule has 3 heteroatoms. The second-order valence-corrected chi connectivity index (χ2v) is 8.26. The number of ether oxygens (including phenoxy) is 1. The van der Waals surface area contributed by atoms with Gasteiger partial charge in [0.1, 0.15) is 0 Å². The largest absolute Gasteiger partial charge is 0.373 e. The molecule has 1 N–H and O–H groups in total. The minimum atomic E-state index is 0.288. The molecule has 1 aromatic rings. The van der Waals surface area contributed by atoms with Gasteiger partial charge in [-0.05, 0) is 50.8 Å². The molecule has 0 amide bonds. The number of benzene rings is 1. The van der Waals surface area contributed by atoms with E-state index < -0.39 is 0 Å². The van der Waals surface area contributed by atoms with E-state index in [2.05, 4.69) is 40.5 Å². The molecule has 3 fully saturated rings. The van der Waals surface area contributed by atoms with Gasteiger partial charge in [-0.1, -0.05) is 49.6 Å². The zero-order valence-electron chi connectivity index (χ0n) is 15.5. The fourth-order valence-electron chi connectivity index (χ4n) is 5.09. The molecule has 0 radical (unpaired) electrons. The first-order valence-corrected chi connectivity index (χ1v) is 10.5. The van der Waals surface area contributed by atoms with Crippen LogP contribution in [0.15, 0.2) is 30.3 Å². The van der Waals surface area contributed by atoms with Gasteiger partial charge in [-0.2, -0.15) is 0 Å². The van der Waals surface area contributed by atoms with Crippen LogP contribution >= 0.6 is 0 Å². The predicted molar refractivity (Wildman–Crippen MR) is 103 cm³/mol. The van der Waals surface area contributed by atoms with E-state index in [0.717, 1.165) is 19.2 Å². The average Bonchev–Trinajstić information content (AvgIpc) is 3.17. The van der Waals surface area contributed by atoms with Crippen LogP contribution in [-0.4, -0.2) is 43.2 Å². The Hall–Kier alpha value is -0.900. The fraction of sp³-hybridized carbons (Fsp3) is 0.727. The highest BCUT2D eigenvalue weighted by atomic mass is 16.5. The third-order valence-electron chi connectivity index (χ3n) is 6.63. The molecule has 1 aliphatic carbocycles. The first kappa shape index (κ1) is 17.5. The van der Waals surface area contributed by atoms with Crippen molar-refractivity contribution in [3.05, 3.63) is 35.9 Å². The van der Waals surface area contributed by atoms with Crippen molar-refractivity contribution < 1.29 is 4.74 Å². The van der Waals surface area contributed by atoms with Crippen molar-refractivity contribution >= 4 is 0 Å². The topological polar surface area (TPSA) is 24.5 Å². The van der Waals surface area contributed by atoms with Crippen LogP contribution in [0, 0.1) is 5.92 Å². The Morgan fingerprint density at radius 2 is 1.68 bits per heavy atom. The quantitative estimate of drug-likeness (QED) is 0.870. The molecular formula is C22H34N2O. The summed E-state index contributed by atoms with van der Waals surface area (Å²) in [6, 6.07) is 12.4. The van der Waals surface area contributed by atoms with Crippen LogP contribution in [0.5, 0.6) is 0 Å². The predicted octanol–water partition coefficient (Wildman–Crippen LogP) is 4.15. The molecule has 2 aliphatic heterocycles. The number of nitrogens with zero attached hydrogens (tertiary/aromatic N) is 1. The van der Waals surface area contributed by atoms with Gasteiger partial charge in [0, 0.05) is 31.2 Å². The molecule has 138 valence electrons. The van der Waals surface area contributed by atoms with E-state index in [-0.39, 0.29) is 6.10 Å². The van der Waals surface area contributed by atoms with Crippen LogP contribution in [0.2, 0.25) is 0 Å². The van der Waals surface area contributed by atoms with Gasteiger partial charge in [0.2, 0.25) is 0 Å². The summed E-state index contributed by atoms with van der Waals surface area (Å²) in [5.74, 6) is 0.624. The molecule has 0 aromatic heterocycles. The third kappa shape index (κ3) is 4.45. The Morgan fingerprint density at radius 3 is 2.44 bits per heavy atom. The van der Waals surface area contributed by atoms with Gasteiger partial charge in [-0.3, -0.25) is 0 Å². The maximum atomic E-state index is 6.04. The summed E-state index contributed by atoms with van der Waals surface area (Å²) in [6.45, 7) is 4.61. The van der Waals surface area contributed by atoms with Gasteiger partial charge in [0.15, 0.2) is 0 Å². The molecule has 0 spiro atoms. The minimum absolute atomic E-state index is 0.288. The van der Waals surface area contributed by atoms with Crippen LogP contribution in [0.4, 0.5) is 0 Å². The second kappa shape index (κ2) is 8.66. The maximum absolute atomic E-state index is 6.04. The fourth-order valence-corrected chi connectivity index (χ4v) is 5.09. The lowest BCUT2D eigenvalue weighted by atomic mass is 9.91. The Bertz CT molecular complexity index is 506.